The van der Waals surface area contributed by atoms with Gasteiger partial charge in [-0.05, 0) is 32.9 Å². The van der Waals surface area contributed by atoms with Crippen molar-refractivity contribution in [2.45, 2.75) is 78.1 Å². The normalized spacial score (nSPS) is 32.8. The van der Waals surface area contributed by atoms with Gasteiger partial charge in [0.15, 0.2) is 0 Å². The van der Waals surface area contributed by atoms with E-state index in [-0.39, 0.29) is 5.56 Å². The van der Waals surface area contributed by atoms with Crippen molar-refractivity contribution in [3.05, 3.63) is 34.9 Å². The minimum absolute atomic E-state index is 0.0424. The summed E-state index contributed by atoms with van der Waals surface area (Å²) in [5, 5.41) is 0. The second kappa shape index (κ2) is 4.40. The summed E-state index contributed by atoms with van der Waals surface area (Å²) in [7, 11) is 0. The van der Waals surface area contributed by atoms with Crippen LogP contribution < -0.4 is 0 Å². The summed E-state index contributed by atoms with van der Waals surface area (Å²) in [4.78, 5) is 0. The van der Waals surface area contributed by atoms with Gasteiger partial charge in [0.1, 0.15) is 0 Å². The van der Waals surface area contributed by atoms with Gasteiger partial charge in [-0.1, -0.05) is 80.1 Å². The van der Waals surface area contributed by atoms with Crippen molar-refractivity contribution in [3.8, 4) is 0 Å². The molecule has 102 valence electrons. The summed E-state index contributed by atoms with van der Waals surface area (Å²) in [6.07, 6.45) is 0. The van der Waals surface area contributed by atoms with Gasteiger partial charge in [0.05, 0.1) is 0 Å². The average molecular weight is 265 g/mol. The molecule has 0 saturated heterocycles. The quantitative estimate of drug-likeness (QED) is 0.574. The molecule has 1 rings (SSSR count). The third kappa shape index (κ3) is 3.60. The topological polar surface area (TPSA) is 0 Å². The number of benzene rings is 1. The van der Waals surface area contributed by atoms with Gasteiger partial charge in [-0.2, -0.15) is 0 Å². The first kappa shape index (κ1) is 3.65. The Morgan fingerprint density at radius 2 is 0.889 bits per heavy atom. The van der Waals surface area contributed by atoms with Gasteiger partial charge in [-0.25, -0.2) is 0 Å². The molecule has 0 spiro atoms. The lowest BCUT2D eigenvalue weighted by Gasteiger charge is -2.29. The predicted molar refractivity (Wildman–Crippen MR) is 82.5 cm³/mol. The van der Waals surface area contributed by atoms with E-state index in [9.17, 15) is 0 Å². The first-order chi connectivity index (χ1) is 15.3. The van der Waals surface area contributed by atoms with Crippen LogP contribution in [-0.4, -0.2) is 0 Å². The Morgan fingerprint density at radius 1 is 0.611 bits per heavy atom. The highest BCUT2D eigenvalue weighted by Crippen LogP contribution is 2.34. The van der Waals surface area contributed by atoms with E-state index in [1.807, 2.05) is 0 Å². The first-order valence-electron chi connectivity index (χ1n) is 14.5. The van der Waals surface area contributed by atoms with E-state index in [0.717, 1.165) is 12.1 Å². The molecule has 0 fully saturated rings. The van der Waals surface area contributed by atoms with Crippen LogP contribution in [-0.2, 0) is 16.2 Å². The van der Waals surface area contributed by atoms with Gasteiger partial charge in [0, 0.05) is 24.7 Å². The van der Waals surface area contributed by atoms with Crippen LogP contribution in [0, 0.1) is 0 Å². The van der Waals surface area contributed by atoms with Crippen LogP contribution in [0.3, 0.4) is 0 Å². The maximum absolute atomic E-state index is 7.99. The molecule has 0 radical (unpaired) electrons. The van der Waals surface area contributed by atoms with Crippen LogP contribution >= 0.6 is 0 Å². The highest BCUT2D eigenvalue weighted by atomic mass is 14.3. The van der Waals surface area contributed by atoms with Gasteiger partial charge in [-0.15, -0.1) is 0 Å². The molecule has 0 aromatic heterocycles. The molecule has 1 aromatic rings. The lowest BCUT2D eigenvalue weighted by Crippen LogP contribution is -2.20. The zero-order chi connectivity index (χ0) is 29.4. The molecule has 0 saturated carbocycles. The van der Waals surface area contributed by atoms with E-state index >= 15 is 0 Å². The van der Waals surface area contributed by atoms with E-state index in [1.54, 1.807) is 20.8 Å². The molecule has 0 aliphatic heterocycles. The zero-order valence-electron chi connectivity index (χ0n) is 28.7. The third-order valence-corrected chi connectivity index (χ3v) is 2.67. The van der Waals surface area contributed by atoms with Crippen LogP contribution in [0.1, 0.15) is 103 Å². The molecule has 0 atom stereocenters. The molecule has 0 amide bonds. The third-order valence-electron chi connectivity index (χ3n) is 2.67. The molecule has 0 aliphatic carbocycles. The molecular formula is C18H30. The van der Waals surface area contributed by atoms with Gasteiger partial charge >= 0.3 is 0 Å². The van der Waals surface area contributed by atoms with E-state index < -0.39 is 68.5 Å². The van der Waals surface area contributed by atoms with Gasteiger partial charge in [-0.3, -0.25) is 0 Å². The van der Waals surface area contributed by atoms with Gasteiger partial charge in [0.2, 0.25) is 0 Å². The molecule has 0 heteroatoms. The van der Waals surface area contributed by atoms with E-state index in [4.69, 9.17) is 24.7 Å². The minimum atomic E-state index is -3.74. The standard InChI is InChI=1S/C18H30/c1-16(2,3)13-10-14(17(4,5)6)12-15(11-13)18(7,8)9/h10-12H,1-9H3/i1D3,2D3,3D3,4D3,5D3,6D3. The van der Waals surface area contributed by atoms with Crippen LogP contribution in [0.5, 0.6) is 0 Å². The molecule has 0 heterocycles. The van der Waals surface area contributed by atoms with Crippen molar-refractivity contribution in [3.63, 3.8) is 0 Å². The van der Waals surface area contributed by atoms with Gasteiger partial charge in [0.25, 0.3) is 0 Å². The molecular weight excluding hydrogens is 216 g/mol. The lowest BCUT2D eigenvalue weighted by molar-refractivity contribution is 0.548. The highest BCUT2D eigenvalue weighted by Gasteiger charge is 2.23. The fraction of sp³-hybridized carbons (Fsp3) is 0.667. The second-order valence-electron chi connectivity index (χ2n) is 5.55. The number of hydrogen-bond acceptors (Lipinski definition) is 0. The fourth-order valence-corrected chi connectivity index (χ4v) is 1.49. The molecule has 0 unspecified atom stereocenters. The monoisotopic (exact) mass is 264 g/mol. The van der Waals surface area contributed by atoms with Crippen molar-refractivity contribution in [1.82, 2.24) is 0 Å². The Bertz CT molecular complexity index is 799. The zero-order valence-corrected chi connectivity index (χ0v) is 10.7. The van der Waals surface area contributed by atoms with E-state index in [0.29, 0.717) is 6.07 Å². The summed E-state index contributed by atoms with van der Waals surface area (Å²) >= 11 is 0. The van der Waals surface area contributed by atoms with E-state index in [1.165, 1.54) is 0 Å². The number of hydrogen-bond donors (Lipinski definition) is 0. The maximum Gasteiger partial charge on any atom is 0.0239 e. The Balaban J connectivity index is 4.69. The van der Waals surface area contributed by atoms with Crippen LogP contribution in [0.2, 0.25) is 0 Å². The summed E-state index contributed by atoms with van der Waals surface area (Å²) < 4.78 is 144. The molecule has 1 aromatic carbocycles. The lowest BCUT2D eigenvalue weighted by atomic mass is 9.76. The van der Waals surface area contributed by atoms with Gasteiger partial charge < -0.3 is 0 Å². The summed E-state index contributed by atoms with van der Waals surface area (Å²) in [5.74, 6) is 0. The van der Waals surface area contributed by atoms with Crippen LogP contribution in [0.25, 0.3) is 0 Å². The Morgan fingerprint density at radius 3 is 1.11 bits per heavy atom. The fourth-order valence-electron chi connectivity index (χ4n) is 1.49. The van der Waals surface area contributed by atoms with Crippen molar-refractivity contribution in [1.29, 1.82) is 0 Å². The van der Waals surface area contributed by atoms with Crippen molar-refractivity contribution >= 4 is 0 Å². The first-order valence-corrected chi connectivity index (χ1v) is 5.48. The van der Waals surface area contributed by atoms with Crippen LogP contribution in [0.4, 0.5) is 0 Å². The predicted octanol–water partition coefficient (Wildman–Crippen LogP) is 5.58. The molecule has 0 aliphatic rings. The number of rotatable bonds is 0. The maximum atomic E-state index is 7.99. The molecule has 0 bridgehead atoms. The second-order valence-corrected chi connectivity index (χ2v) is 5.55. The Hall–Kier alpha value is -0.780. The average Bonchev–Trinajstić information content (AvgIpc) is 2.45. The summed E-state index contributed by atoms with van der Waals surface area (Å²) in [6.45, 7) is -17.8. The highest BCUT2D eigenvalue weighted by molar-refractivity contribution is 5.39. The minimum Gasteiger partial charge on any atom is -0.0561 e. The Kier molecular flexibility index (Phi) is 0.893. The van der Waals surface area contributed by atoms with Crippen molar-refractivity contribution < 1.29 is 24.7 Å². The smallest absolute Gasteiger partial charge is 0.0239 e. The van der Waals surface area contributed by atoms with Crippen LogP contribution in [0.15, 0.2) is 18.2 Å². The summed E-state index contributed by atoms with van der Waals surface area (Å²) in [6, 6.07) is 2.42. The van der Waals surface area contributed by atoms with Crippen molar-refractivity contribution in [2.75, 3.05) is 0 Å². The molecule has 0 nitrogen and oxygen atoms in total. The van der Waals surface area contributed by atoms with E-state index in [2.05, 4.69) is 0 Å². The molecule has 0 N–H and O–H groups in total. The largest absolute Gasteiger partial charge is 0.0561 e. The SMILES string of the molecule is [2H]C([2H])([2H])C(c1cc(C(C)(C)C)cc(C(C([2H])([2H])[2H])(C([2H])([2H])[2H])C([2H])([2H])[2H])c1)(C([2H])([2H])[2H])C([2H])([2H])[2H]. The molecule has 18 heavy (non-hydrogen) atoms. The summed E-state index contributed by atoms with van der Waals surface area (Å²) in [5.41, 5.74) is -10.1. The van der Waals surface area contributed by atoms with Crippen molar-refractivity contribution in [2.24, 2.45) is 0 Å². The Labute approximate surface area is 139 Å².